The molecule has 0 radical (unpaired) electrons. The number of aryl methyl sites for hydroxylation is 1. The molecular weight excluding hydrogens is 317 g/mol. The highest BCUT2D eigenvalue weighted by Gasteiger charge is 2.10. The van der Waals surface area contributed by atoms with Gasteiger partial charge in [0.25, 0.3) is 0 Å². The molecule has 116 valence electrons. The third-order valence-electron chi connectivity index (χ3n) is 3.49. The molecule has 0 aliphatic carbocycles. The predicted octanol–water partition coefficient (Wildman–Crippen LogP) is 5.69. The summed E-state index contributed by atoms with van der Waals surface area (Å²) < 4.78 is 0. The molecule has 2 nitrogen and oxygen atoms in total. The van der Waals surface area contributed by atoms with E-state index in [4.69, 9.17) is 23.2 Å². The zero-order valence-electron chi connectivity index (χ0n) is 12.7. The summed E-state index contributed by atoms with van der Waals surface area (Å²) in [5, 5.41) is 4.19. The normalized spacial score (nSPS) is 10.8. The molecule has 0 aromatic heterocycles. The molecule has 0 spiro atoms. The Morgan fingerprint density at radius 3 is 2.55 bits per heavy atom. The molecule has 0 fully saturated rings. The van der Waals surface area contributed by atoms with Crippen molar-refractivity contribution in [3.63, 3.8) is 0 Å². The maximum absolute atomic E-state index is 12.2. The highest BCUT2D eigenvalue weighted by atomic mass is 35.5. The molecule has 2 aromatic rings. The first-order valence-electron chi connectivity index (χ1n) is 7.30. The minimum absolute atomic E-state index is 0.0147. The summed E-state index contributed by atoms with van der Waals surface area (Å²) in [6.45, 7) is 4.22. The van der Waals surface area contributed by atoms with Crippen LogP contribution in [-0.4, -0.2) is 5.91 Å². The van der Waals surface area contributed by atoms with Crippen molar-refractivity contribution in [3.05, 3.63) is 63.6 Å². The molecule has 4 heteroatoms. The van der Waals surface area contributed by atoms with Crippen LogP contribution in [0.4, 0.5) is 5.69 Å². The molecule has 0 bridgehead atoms. The molecule has 0 aliphatic rings. The highest BCUT2D eigenvalue weighted by Crippen LogP contribution is 2.25. The molecule has 0 saturated heterocycles. The summed E-state index contributed by atoms with van der Waals surface area (Å²) in [7, 11) is 0. The largest absolute Gasteiger partial charge is 0.326 e. The van der Waals surface area contributed by atoms with Crippen LogP contribution < -0.4 is 5.32 Å². The topological polar surface area (TPSA) is 29.1 Å². The Bertz CT molecular complexity index is 668. The van der Waals surface area contributed by atoms with Gasteiger partial charge in [0.2, 0.25) is 5.91 Å². The maximum Gasteiger partial charge on any atom is 0.224 e. The Balaban J connectivity index is 1.99. The van der Waals surface area contributed by atoms with Crippen molar-refractivity contribution >= 4 is 34.8 Å². The average molecular weight is 336 g/mol. The lowest BCUT2D eigenvalue weighted by Crippen LogP contribution is -2.14. The quantitative estimate of drug-likeness (QED) is 0.747. The molecular formula is C18H19Cl2NO. The zero-order valence-corrected chi connectivity index (χ0v) is 14.2. The van der Waals surface area contributed by atoms with Crippen LogP contribution in [0.5, 0.6) is 0 Å². The molecule has 0 atom stereocenters. The molecule has 0 unspecified atom stereocenters. The van der Waals surface area contributed by atoms with E-state index in [0.717, 1.165) is 16.8 Å². The number of amides is 1. The number of halogens is 2. The van der Waals surface area contributed by atoms with E-state index in [2.05, 4.69) is 19.2 Å². The van der Waals surface area contributed by atoms with E-state index in [1.807, 2.05) is 30.3 Å². The van der Waals surface area contributed by atoms with Crippen LogP contribution in [0.15, 0.2) is 42.5 Å². The number of hydrogen-bond acceptors (Lipinski definition) is 1. The van der Waals surface area contributed by atoms with Crippen molar-refractivity contribution in [2.75, 3.05) is 5.32 Å². The van der Waals surface area contributed by atoms with E-state index >= 15 is 0 Å². The SMILES string of the molecule is CC(C)c1ccccc1NC(=O)CCc1ccc(Cl)cc1Cl. The van der Waals surface area contributed by atoms with Crippen LogP contribution in [0.3, 0.4) is 0 Å². The van der Waals surface area contributed by atoms with Crippen molar-refractivity contribution in [3.8, 4) is 0 Å². The number of para-hydroxylation sites is 1. The van der Waals surface area contributed by atoms with Gasteiger partial charge in [-0.3, -0.25) is 4.79 Å². The molecule has 1 amide bonds. The summed E-state index contributed by atoms with van der Waals surface area (Å²) in [5.74, 6) is 0.348. The van der Waals surface area contributed by atoms with Crippen molar-refractivity contribution in [1.29, 1.82) is 0 Å². The second-order valence-electron chi connectivity index (χ2n) is 5.53. The van der Waals surface area contributed by atoms with Gasteiger partial charge in [-0.25, -0.2) is 0 Å². The van der Waals surface area contributed by atoms with E-state index < -0.39 is 0 Å². The number of benzene rings is 2. The van der Waals surface area contributed by atoms with Crippen LogP contribution in [0.25, 0.3) is 0 Å². The lowest BCUT2D eigenvalue weighted by Gasteiger charge is -2.13. The monoisotopic (exact) mass is 335 g/mol. The third kappa shape index (κ3) is 4.49. The van der Waals surface area contributed by atoms with Crippen molar-refractivity contribution in [1.82, 2.24) is 0 Å². The molecule has 0 heterocycles. The standard InChI is InChI=1S/C18H19Cl2NO/c1-12(2)15-5-3-4-6-17(15)21-18(22)10-8-13-7-9-14(19)11-16(13)20/h3-7,9,11-12H,8,10H2,1-2H3,(H,21,22). The zero-order chi connectivity index (χ0) is 16.1. The van der Waals surface area contributed by atoms with Crippen molar-refractivity contribution < 1.29 is 4.79 Å². The Labute approximate surface area is 141 Å². The second-order valence-corrected chi connectivity index (χ2v) is 6.37. The van der Waals surface area contributed by atoms with Crippen LogP contribution in [-0.2, 0) is 11.2 Å². The van der Waals surface area contributed by atoms with Crippen LogP contribution in [0, 0.1) is 0 Å². The third-order valence-corrected chi connectivity index (χ3v) is 4.08. The summed E-state index contributed by atoms with van der Waals surface area (Å²) in [6, 6.07) is 13.2. The van der Waals surface area contributed by atoms with Gasteiger partial charge in [0.15, 0.2) is 0 Å². The van der Waals surface area contributed by atoms with Gasteiger partial charge >= 0.3 is 0 Å². The molecule has 22 heavy (non-hydrogen) atoms. The molecule has 0 saturated carbocycles. The van der Waals surface area contributed by atoms with E-state index in [1.165, 1.54) is 0 Å². The van der Waals surface area contributed by atoms with Gasteiger partial charge in [-0.15, -0.1) is 0 Å². The minimum atomic E-state index is -0.0147. The lowest BCUT2D eigenvalue weighted by atomic mass is 10.0. The minimum Gasteiger partial charge on any atom is -0.326 e. The Kier molecular flexibility index (Phi) is 5.87. The van der Waals surface area contributed by atoms with Crippen molar-refractivity contribution in [2.45, 2.75) is 32.6 Å². The fraction of sp³-hybridized carbons (Fsp3) is 0.278. The Morgan fingerprint density at radius 2 is 1.86 bits per heavy atom. The van der Waals surface area contributed by atoms with E-state index in [0.29, 0.717) is 28.8 Å². The Hall–Kier alpha value is -1.51. The number of rotatable bonds is 5. The molecule has 0 aliphatic heterocycles. The first kappa shape index (κ1) is 16.9. The summed E-state index contributed by atoms with van der Waals surface area (Å²) >= 11 is 12.0. The fourth-order valence-electron chi connectivity index (χ4n) is 2.30. The number of nitrogens with one attached hydrogen (secondary N) is 1. The predicted molar refractivity (Wildman–Crippen MR) is 93.9 cm³/mol. The average Bonchev–Trinajstić information content (AvgIpc) is 2.46. The van der Waals surface area contributed by atoms with Gasteiger partial charge in [-0.05, 0) is 41.7 Å². The molecule has 1 N–H and O–H groups in total. The Morgan fingerprint density at radius 1 is 1.14 bits per heavy atom. The first-order chi connectivity index (χ1) is 10.5. The molecule has 2 rings (SSSR count). The van der Waals surface area contributed by atoms with E-state index in [-0.39, 0.29) is 5.91 Å². The van der Waals surface area contributed by atoms with Crippen LogP contribution in [0.2, 0.25) is 10.0 Å². The van der Waals surface area contributed by atoms with Crippen molar-refractivity contribution in [2.24, 2.45) is 0 Å². The summed E-state index contributed by atoms with van der Waals surface area (Å²) in [5.41, 5.74) is 2.95. The number of carbonyl (C=O) groups is 1. The van der Waals surface area contributed by atoms with E-state index in [9.17, 15) is 4.79 Å². The fourth-order valence-corrected chi connectivity index (χ4v) is 2.80. The van der Waals surface area contributed by atoms with E-state index in [1.54, 1.807) is 12.1 Å². The maximum atomic E-state index is 12.2. The van der Waals surface area contributed by atoms with Crippen LogP contribution in [0.1, 0.15) is 37.3 Å². The van der Waals surface area contributed by atoms with Gasteiger partial charge in [0.1, 0.15) is 0 Å². The highest BCUT2D eigenvalue weighted by molar-refractivity contribution is 6.35. The van der Waals surface area contributed by atoms with Gasteiger partial charge in [0.05, 0.1) is 0 Å². The summed E-state index contributed by atoms with van der Waals surface area (Å²) in [6.07, 6.45) is 0.972. The number of anilines is 1. The summed E-state index contributed by atoms with van der Waals surface area (Å²) in [4.78, 5) is 12.2. The second kappa shape index (κ2) is 7.66. The van der Waals surface area contributed by atoms with Crippen LogP contribution >= 0.6 is 23.2 Å². The molecule has 2 aromatic carbocycles. The lowest BCUT2D eigenvalue weighted by molar-refractivity contribution is -0.116. The van der Waals surface area contributed by atoms with Gasteiger partial charge in [0, 0.05) is 22.2 Å². The number of carbonyl (C=O) groups excluding carboxylic acids is 1. The van der Waals surface area contributed by atoms with Gasteiger partial charge < -0.3 is 5.32 Å². The van der Waals surface area contributed by atoms with Gasteiger partial charge in [-0.1, -0.05) is 61.3 Å². The number of hydrogen-bond donors (Lipinski definition) is 1. The first-order valence-corrected chi connectivity index (χ1v) is 8.05. The van der Waals surface area contributed by atoms with Gasteiger partial charge in [-0.2, -0.15) is 0 Å². The smallest absolute Gasteiger partial charge is 0.224 e.